The minimum atomic E-state index is -0.321. The van der Waals surface area contributed by atoms with Crippen LogP contribution in [0.2, 0.25) is 0 Å². The first kappa shape index (κ1) is 34.7. The molecule has 1 heterocycles. The summed E-state index contributed by atoms with van der Waals surface area (Å²) >= 11 is 0. The van der Waals surface area contributed by atoms with E-state index in [2.05, 4.69) is 84.9 Å². The van der Waals surface area contributed by atoms with Gasteiger partial charge in [-0.15, -0.1) is 0 Å². The monoisotopic (exact) mass is 512 g/mol. The Hall–Kier alpha value is -3.32. The van der Waals surface area contributed by atoms with Gasteiger partial charge in [0.15, 0.2) is 0 Å². The summed E-state index contributed by atoms with van der Waals surface area (Å²) in [6.45, 7) is 24.0. The van der Waals surface area contributed by atoms with Crippen LogP contribution in [0.5, 0.6) is 11.5 Å². The van der Waals surface area contributed by atoms with Crippen molar-refractivity contribution in [3.63, 3.8) is 0 Å². The lowest BCUT2D eigenvalue weighted by Crippen LogP contribution is -2.32. The lowest BCUT2D eigenvalue weighted by Gasteiger charge is -2.39. The minimum Gasteiger partial charge on any atom is -0.457 e. The van der Waals surface area contributed by atoms with Crippen LogP contribution in [0.15, 0.2) is 97.1 Å². The van der Waals surface area contributed by atoms with Gasteiger partial charge >= 0.3 is 0 Å². The summed E-state index contributed by atoms with van der Waals surface area (Å²) in [6, 6.07) is 34.5. The largest absolute Gasteiger partial charge is 0.457 e. The molecule has 0 saturated heterocycles. The summed E-state index contributed by atoms with van der Waals surface area (Å²) in [6.07, 6.45) is 0. The molecule has 4 aromatic rings. The molecule has 206 valence electrons. The molecule has 1 aliphatic carbocycles. The molecule has 0 aromatic heterocycles. The fraction of sp³-hybridized carbons (Fsp3) is 0.351. The Labute approximate surface area is 234 Å². The maximum absolute atomic E-state index is 6.29. The molecule has 6 rings (SSSR count). The zero-order valence-electron chi connectivity index (χ0n) is 26.1. The lowest BCUT2D eigenvalue weighted by atomic mass is 9.66. The Bertz CT molecular complexity index is 1080. The van der Waals surface area contributed by atoms with Crippen LogP contribution in [0.25, 0.3) is 11.1 Å². The van der Waals surface area contributed by atoms with E-state index >= 15 is 0 Å². The second kappa shape index (κ2) is 18.9. The van der Waals surface area contributed by atoms with Gasteiger partial charge in [-0.1, -0.05) is 168 Å². The smallest absolute Gasteiger partial charge is 0.132 e. The first-order chi connectivity index (χ1) is 18.9. The van der Waals surface area contributed by atoms with Crippen LogP contribution in [0, 0.1) is 0 Å². The minimum absolute atomic E-state index is 0.321. The molecule has 1 spiro atoms. The molecule has 38 heavy (non-hydrogen) atoms. The van der Waals surface area contributed by atoms with Crippen molar-refractivity contribution in [2.75, 3.05) is 0 Å². The molecule has 1 heteroatoms. The van der Waals surface area contributed by atoms with Gasteiger partial charge in [-0.2, -0.15) is 0 Å². The number of hydrogen-bond acceptors (Lipinski definition) is 1. The molecule has 4 aromatic carbocycles. The standard InChI is InChI=1S/C25H16O.6C2H6/c1-3-11-19-17(9-1)18-10-2-4-12-20(18)25(19)21-13-5-7-15-23(21)26-24-16-8-6-14-22(24)25;6*1-2/h1-16H;6*1-2H3. The van der Waals surface area contributed by atoms with Crippen molar-refractivity contribution < 1.29 is 4.74 Å². The molecule has 0 saturated carbocycles. The normalized spacial score (nSPS) is 11.1. The van der Waals surface area contributed by atoms with Gasteiger partial charge in [0.25, 0.3) is 0 Å². The number of ether oxygens (including phenoxy) is 1. The van der Waals surface area contributed by atoms with Crippen molar-refractivity contribution in [2.24, 2.45) is 0 Å². The fourth-order valence-corrected chi connectivity index (χ4v) is 4.81. The second-order valence-electron chi connectivity index (χ2n) is 6.94. The average molecular weight is 513 g/mol. The van der Waals surface area contributed by atoms with E-state index in [-0.39, 0.29) is 5.41 Å². The number of benzene rings is 4. The van der Waals surface area contributed by atoms with Crippen LogP contribution in [-0.2, 0) is 5.41 Å². The van der Waals surface area contributed by atoms with E-state index < -0.39 is 0 Å². The van der Waals surface area contributed by atoms with Crippen molar-refractivity contribution in [1.82, 2.24) is 0 Å². The van der Waals surface area contributed by atoms with E-state index in [0.717, 1.165) is 11.5 Å². The molecule has 1 aliphatic heterocycles. The SMILES string of the molecule is CC.CC.CC.CC.CC.CC.c1ccc2c(c1)Oc1ccccc1C21c2ccccc2-c2ccccc21. The summed E-state index contributed by atoms with van der Waals surface area (Å²) in [5.74, 6) is 1.88. The van der Waals surface area contributed by atoms with Crippen molar-refractivity contribution in [3.8, 4) is 22.6 Å². The fourth-order valence-electron chi connectivity index (χ4n) is 4.81. The Morgan fingerprint density at radius 3 is 0.947 bits per heavy atom. The summed E-state index contributed by atoms with van der Waals surface area (Å²) in [5.41, 5.74) is 7.42. The van der Waals surface area contributed by atoms with E-state index in [1.54, 1.807) is 0 Å². The van der Waals surface area contributed by atoms with Gasteiger partial charge < -0.3 is 4.74 Å². The molecule has 0 fully saturated rings. The van der Waals surface area contributed by atoms with Crippen molar-refractivity contribution in [1.29, 1.82) is 0 Å². The Balaban J connectivity index is 0.00000102. The number of fused-ring (bicyclic) bond motifs is 9. The van der Waals surface area contributed by atoms with Crippen LogP contribution >= 0.6 is 0 Å². The molecule has 0 bridgehead atoms. The zero-order valence-corrected chi connectivity index (χ0v) is 26.1. The van der Waals surface area contributed by atoms with Crippen LogP contribution in [0.3, 0.4) is 0 Å². The van der Waals surface area contributed by atoms with Gasteiger partial charge in [-0.3, -0.25) is 0 Å². The van der Waals surface area contributed by atoms with E-state index in [1.165, 1.54) is 33.4 Å². The van der Waals surface area contributed by atoms with E-state index in [9.17, 15) is 0 Å². The number of rotatable bonds is 0. The third-order valence-corrected chi connectivity index (χ3v) is 5.75. The highest BCUT2D eigenvalue weighted by molar-refractivity contribution is 5.88. The summed E-state index contributed by atoms with van der Waals surface area (Å²) < 4.78 is 6.29. The number of para-hydroxylation sites is 2. The van der Waals surface area contributed by atoms with Gasteiger partial charge in [-0.05, 0) is 34.4 Å². The molecular formula is C37H52O. The van der Waals surface area contributed by atoms with Gasteiger partial charge in [0, 0.05) is 11.1 Å². The maximum atomic E-state index is 6.29. The quantitative estimate of drug-likeness (QED) is 0.197. The summed E-state index contributed by atoms with van der Waals surface area (Å²) in [4.78, 5) is 0. The topological polar surface area (TPSA) is 9.23 Å². The first-order valence-corrected chi connectivity index (χ1v) is 15.0. The second-order valence-corrected chi connectivity index (χ2v) is 6.94. The molecule has 0 radical (unpaired) electrons. The maximum Gasteiger partial charge on any atom is 0.132 e. The Morgan fingerprint density at radius 1 is 0.342 bits per heavy atom. The van der Waals surface area contributed by atoms with Crippen LogP contribution in [0.1, 0.15) is 105 Å². The molecule has 1 nitrogen and oxygen atoms in total. The first-order valence-electron chi connectivity index (χ1n) is 15.0. The van der Waals surface area contributed by atoms with Crippen molar-refractivity contribution in [3.05, 3.63) is 119 Å². The molecule has 0 N–H and O–H groups in total. The Morgan fingerprint density at radius 2 is 0.605 bits per heavy atom. The van der Waals surface area contributed by atoms with Crippen molar-refractivity contribution in [2.45, 2.75) is 88.5 Å². The van der Waals surface area contributed by atoms with Gasteiger partial charge in [0.1, 0.15) is 11.5 Å². The molecule has 0 amide bonds. The highest BCUT2D eigenvalue weighted by Gasteiger charge is 2.50. The number of hydrogen-bond donors (Lipinski definition) is 0. The van der Waals surface area contributed by atoms with Gasteiger partial charge in [0.05, 0.1) is 5.41 Å². The lowest BCUT2D eigenvalue weighted by molar-refractivity contribution is 0.436. The average Bonchev–Trinajstić information content (AvgIpc) is 3.34. The third-order valence-electron chi connectivity index (χ3n) is 5.75. The summed E-state index contributed by atoms with van der Waals surface area (Å²) in [7, 11) is 0. The van der Waals surface area contributed by atoms with Gasteiger partial charge in [-0.25, -0.2) is 0 Å². The van der Waals surface area contributed by atoms with E-state index in [1.807, 2.05) is 95.2 Å². The highest BCUT2D eigenvalue weighted by Crippen LogP contribution is 2.61. The summed E-state index contributed by atoms with van der Waals surface area (Å²) in [5, 5.41) is 0. The van der Waals surface area contributed by atoms with Gasteiger partial charge in [0.2, 0.25) is 0 Å². The van der Waals surface area contributed by atoms with E-state index in [4.69, 9.17) is 4.74 Å². The zero-order chi connectivity index (χ0) is 29.1. The molecule has 0 unspecified atom stereocenters. The Kier molecular flexibility index (Phi) is 17.2. The van der Waals surface area contributed by atoms with Crippen LogP contribution in [0.4, 0.5) is 0 Å². The molecule has 0 atom stereocenters. The van der Waals surface area contributed by atoms with Crippen LogP contribution in [-0.4, -0.2) is 0 Å². The molecular weight excluding hydrogens is 460 g/mol. The predicted octanol–water partition coefficient (Wildman–Crippen LogP) is 12.3. The van der Waals surface area contributed by atoms with E-state index in [0.29, 0.717) is 0 Å². The van der Waals surface area contributed by atoms with Crippen molar-refractivity contribution >= 4 is 0 Å². The van der Waals surface area contributed by atoms with Crippen LogP contribution < -0.4 is 4.74 Å². The predicted molar refractivity (Wildman–Crippen MR) is 172 cm³/mol. The third kappa shape index (κ3) is 6.21. The highest BCUT2D eigenvalue weighted by atomic mass is 16.5. The molecule has 2 aliphatic rings.